The molecule has 1 unspecified atom stereocenters. The summed E-state index contributed by atoms with van der Waals surface area (Å²) in [6.07, 6.45) is 0.633. The zero-order chi connectivity index (χ0) is 61.3. The number of likely N-dealkylation sites (N-methyl/N-ethyl adjacent to an activating group) is 3. The largest absolute Gasteiger partial charge is 0.459 e. The number of esters is 1. The van der Waals surface area contributed by atoms with Gasteiger partial charge in [0, 0.05) is 81.9 Å². The van der Waals surface area contributed by atoms with Gasteiger partial charge in [-0.3, -0.25) is 14.5 Å². The molecule has 8 rings (SSSR count). The Morgan fingerprint density at radius 3 is 2.37 bits per heavy atom. The van der Waals surface area contributed by atoms with Crippen LogP contribution in [0, 0.1) is 29.1 Å². The summed E-state index contributed by atoms with van der Waals surface area (Å²) in [6, 6.07) is 6.68. The van der Waals surface area contributed by atoms with Crippen LogP contribution in [0.25, 0.3) is 39.7 Å². The Balaban J connectivity index is 1.02. The molecule has 4 aliphatic rings. The highest BCUT2D eigenvalue weighted by Crippen LogP contribution is 2.42. The van der Waals surface area contributed by atoms with Crippen molar-refractivity contribution in [2.75, 3.05) is 47.9 Å². The van der Waals surface area contributed by atoms with Gasteiger partial charge in [0.25, 0.3) is 5.91 Å². The lowest BCUT2D eigenvalue weighted by Crippen LogP contribution is -2.61. The Morgan fingerprint density at radius 1 is 0.976 bits per heavy atom. The second-order valence-corrected chi connectivity index (χ2v) is 25.6. The molecule has 7 heterocycles. The fourth-order valence-corrected chi connectivity index (χ4v) is 13.7. The number of H-pyrrole nitrogens is 1. The van der Waals surface area contributed by atoms with E-state index in [1.54, 1.807) is 67.8 Å². The number of carbonyl (C=O) groups is 2. The van der Waals surface area contributed by atoms with E-state index in [2.05, 4.69) is 20.6 Å². The number of ether oxygens (including phenoxy) is 6. The first-order chi connectivity index (χ1) is 39.6. The van der Waals surface area contributed by atoms with Crippen LogP contribution in [0.1, 0.15) is 139 Å². The Hall–Kier alpha value is -4.87. The summed E-state index contributed by atoms with van der Waals surface area (Å²) in [5, 5.41) is 71.5. The maximum atomic E-state index is 14.6. The maximum absolute atomic E-state index is 14.6. The number of furan rings is 1. The SMILES string of the molecule is CC[C@H]1OC(=O)[C@H](C)[C@@H](O[C@H]2C[C@@](C)(OC)[C@@H](O)[C@H](C)O2)[C@H](C)[C@@H](O[C@@H]2O[C@H](C)CC(N(C)CCN(C)C(=O)/C(C#N)=C/c3ccc(-c4nc5cnc6[nH]ccc6c5n4C4CCCCC4)o3)[C@H]2O)[C@](C)(O)C[C@@H](C)CN(C)[C@H](C)[C@@H](O)[C@]1(C)O. The number of amides is 1. The minimum atomic E-state index is -1.87. The molecule has 84 heavy (non-hydrogen) atoms. The lowest BCUT2D eigenvalue weighted by atomic mass is 9.77. The number of nitrogens with zero attached hydrogens (tertiary/aromatic N) is 7. The van der Waals surface area contributed by atoms with Crippen molar-refractivity contribution in [1.29, 1.82) is 5.26 Å². The average molecular weight is 1180 g/mol. The molecule has 4 fully saturated rings. The van der Waals surface area contributed by atoms with Crippen LogP contribution in [-0.4, -0.2) is 210 Å². The van der Waals surface area contributed by atoms with Crippen LogP contribution in [0.3, 0.4) is 0 Å². The summed E-state index contributed by atoms with van der Waals surface area (Å²) in [4.78, 5) is 46.7. The number of aliphatic hydroxyl groups is 5. The number of aromatic amines is 1. The quantitative estimate of drug-likeness (QED) is 0.0457. The number of hydrogen-bond acceptors (Lipinski definition) is 19. The standard InChI is InChI=1S/C62H94N8O14/c1-15-47-62(10,77)52(72)38(6)69(13)33-34(2)29-60(8,76)54(36(4)51(37(5)58(75)82-47)83-48-30-61(9,78-14)53(73)39(7)80-48)84-59-50(71)45(27-35(3)79-59)67(11)25-26-68(12)57(74)40(31-63)28-42-21-22-46(81-42)56-66-44-32-65-55-43(23-24-64-55)49(44)70(56)41-19-17-16-18-20-41/h21-24,28,32,34-39,41,45,47-48,50-54,59,71-73,76-77H,15-20,25-27,29-30,33H2,1-14H3,(H,64,65)/b40-28+/t34-,35-,36+,37-,38-,39+,45?,47-,48+,50-,51+,52-,53+,54-,59+,60-,61-,62-/m1/s1. The van der Waals surface area contributed by atoms with Crippen molar-refractivity contribution in [3.63, 3.8) is 0 Å². The first-order valence-electron chi connectivity index (χ1n) is 30.2. The second kappa shape index (κ2) is 26.6. The molecular formula is C62H94N8O14. The fourth-order valence-electron chi connectivity index (χ4n) is 13.7. The maximum Gasteiger partial charge on any atom is 0.311 e. The lowest BCUT2D eigenvalue weighted by Gasteiger charge is -2.49. The molecule has 4 aromatic rings. The van der Waals surface area contributed by atoms with Gasteiger partial charge < -0.3 is 77.7 Å². The minimum absolute atomic E-state index is 0.0690. The molecule has 1 aliphatic carbocycles. The Bertz CT molecular complexity index is 2950. The number of imidazole rings is 1. The average Bonchev–Trinajstić information content (AvgIpc) is 3.27. The third-order valence-electron chi connectivity index (χ3n) is 18.9. The van der Waals surface area contributed by atoms with Gasteiger partial charge in [-0.2, -0.15) is 5.26 Å². The van der Waals surface area contributed by atoms with E-state index < -0.39 is 114 Å². The smallest absolute Gasteiger partial charge is 0.311 e. The minimum Gasteiger partial charge on any atom is -0.459 e. The second-order valence-electron chi connectivity index (χ2n) is 25.6. The number of aliphatic hydroxyl groups excluding tert-OH is 3. The molecule has 6 N–H and O–H groups in total. The summed E-state index contributed by atoms with van der Waals surface area (Å²) in [5.41, 5.74) is -2.27. The highest BCUT2D eigenvalue weighted by molar-refractivity contribution is 6.03. The van der Waals surface area contributed by atoms with Gasteiger partial charge in [-0.15, -0.1) is 0 Å². The Labute approximate surface area is 494 Å². The summed E-state index contributed by atoms with van der Waals surface area (Å²) >= 11 is 0. The summed E-state index contributed by atoms with van der Waals surface area (Å²) in [5.74, 6) is -1.99. The molecule has 0 aromatic carbocycles. The van der Waals surface area contributed by atoms with E-state index in [9.17, 15) is 40.4 Å². The molecule has 4 aromatic heterocycles. The van der Waals surface area contributed by atoms with Crippen LogP contribution in [0.4, 0.5) is 0 Å². The van der Waals surface area contributed by atoms with Crippen LogP contribution in [0.2, 0.25) is 0 Å². The van der Waals surface area contributed by atoms with Crippen molar-refractivity contribution in [3.05, 3.63) is 41.9 Å². The van der Waals surface area contributed by atoms with Crippen molar-refractivity contribution in [3.8, 4) is 17.7 Å². The van der Waals surface area contributed by atoms with E-state index in [0.29, 0.717) is 30.3 Å². The number of rotatable bonds is 14. The van der Waals surface area contributed by atoms with E-state index >= 15 is 0 Å². The van der Waals surface area contributed by atoms with Crippen LogP contribution in [-0.2, 0) is 38.0 Å². The molecule has 22 nitrogen and oxygen atoms in total. The van der Waals surface area contributed by atoms with Gasteiger partial charge in [0.05, 0.1) is 53.2 Å². The molecule has 18 atom stereocenters. The van der Waals surface area contributed by atoms with Gasteiger partial charge in [-0.05, 0) is 119 Å². The normalized spacial score (nSPS) is 36.8. The van der Waals surface area contributed by atoms with Gasteiger partial charge in [-0.25, -0.2) is 9.97 Å². The number of fused-ring (bicyclic) bond motifs is 3. The Kier molecular flexibility index (Phi) is 20.6. The summed E-state index contributed by atoms with van der Waals surface area (Å²) in [7, 11) is 6.76. The summed E-state index contributed by atoms with van der Waals surface area (Å²) in [6.45, 7) is 18.2. The fraction of sp³-hybridized carbons (Fsp3) is 0.726. The molecule has 0 bridgehead atoms. The molecule has 1 amide bonds. The Morgan fingerprint density at radius 2 is 1.69 bits per heavy atom. The van der Waals surface area contributed by atoms with Gasteiger partial charge in [0.15, 0.2) is 24.2 Å². The monoisotopic (exact) mass is 1170 g/mol. The first-order valence-corrected chi connectivity index (χ1v) is 30.2. The molecule has 0 radical (unpaired) electrons. The third-order valence-corrected chi connectivity index (χ3v) is 18.9. The van der Waals surface area contributed by atoms with Gasteiger partial charge in [0.2, 0.25) is 0 Å². The van der Waals surface area contributed by atoms with Crippen molar-refractivity contribution >= 4 is 40.0 Å². The molecule has 3 saturated heterocycles. The molecule has 1 saturated carbocycles. The highest BCUT2D eigenvalue weighted by Gasteiger charge is 2.53. The molecule has 0 spiro atoms. The lowest BCUT2D eigenvalue weighted by molar-refractivity contribution is -0.318. The number of carbonyl (C=O) groups excluding carboxylic acids is 2. The van der Waals surface area contributed by atoms with Crippen molar-refractivity contribution < 1.29 is 68.0 Å². The summed E-state index contributed by atoms with van der Waals surface area (Å²) < 4.78 is 47.1. The first kappa shape index (κ1) is 65.1. The third kappa shape index (κ3) is 13.6. The molecule has 22 heteroatoms. The molecule has 3 aliphatic heterocycles. The predicted molar refractivity (Wildman–Crippen MR) is 314 cm³/mol. The zero-order valence-electron chi connectivity index (χ0n) is 51.7. The van der Waals surface area contributed by atoms with Crippen LogP contribution in [0.15, 0.2) is 40.6 Å². The highest BCUT2D eigenvalue weighted by atomic mass is 16.7. The number of nitrogens with one attached hydrogen (secondary N) is 1. The van der Waals surface area contributed by atoms with Crippen LogP contribution >= 0.6 is 0 Å². The van der Waals surface area contributed by atoms with Crippen LogP contribution in [0.5, 0.6) is 0 Å². The number of cyclic esters (lactones) is 1. The van der Waals surface area contributed by atoms with E-state index in [0.717, 1.165) is 47.8 Å². The molecule has 466 valence electrons. The van der Waals surface area contributed by atoms with E-state index in [1.807, 2.05) is 56.1 Å². The van der Waals surface area contributed by atoms with Crippen molar-refractivity contribution in [2.24, 2.45) is 17.8 Å². The zero-order valence-corrected chi connectivity index (χ0v) is 51.7. The number of methoxy groups -OCH3 is 1. The number of pyridine rings is 1. The number of hydrogen-bond donors (Lipinski definition) is 6. The van der Waals surface area contributed by atoms with Gasteiger partial charge in [0.1, 0.15) is 58.6 Å². The van der Waals surface area contributed by atoms with Gasteiger partial charge in [-0.1, -0.05) is 40.0 Å². The van der Waals surface area contributed by atoms with Gasteiger partial charge >= 0.3 is 5.97 Å². The number of aromatic nitrogens is 4. The topological polar surface area (TPSA) is 284 Å². The predicted octanol–water partition coefficient (Wildman–Crippen LogP) is 6.33. The van der Waals surface area contributed by atoms with Crippen LogP contribution < -0.4 is 0 Å². The number of nitriles is 1. The molecular weight excluding hydrogens is 1080 g/mol. The van der Waals surface area contributed by atoms with E-state index in [-0.39, 0.29) is 49.9 Å². The van der Waals surface area contributed by atoms with E-state index in [4.69, 9.17) is 37.8 Å². The van der Waals surface area contributed by atoms with E-state index in [1.165, 1.54) is 31.4 Å². The van der Waals surface area contributed by atoms with Crippen molar-refractivity contribution in [2.45, 2.75) is 223 Å². The van der Waals surface area contributed by atoms with Crippen molar-refractivity contribution in [1.82, 2.24) is 34.2 Å².